The molecule has 130 valence electrons. The van der Waals surface area contributed by atoms with E-state index in [1.165, 1.54) is 0 Å². The lowest BCUT2D eigenvalue weighted by molar-refractivity contribution is -0.138. The van der Waals surface area contributed by atoms with E-state index >= 15 is 0 Å². The SMILES string of the molecule is CC(C)(CO)[C@H](O)C(=O)NCCNC(=O)[C@@H](O)C(C)(C)CO. The van der Waals surface area contributed by atoms with Crippen molar-refractivity contribution in [1.82, 2.24) is 10.6 Å². The van der Waals surface area contributed by atoms with Gasteiger partial charge in [0.15, 0.2) is 0 Å². The van der Waals surface area contributed by atoms with Gasteiger partial charge < -0.3 is 31.1 Å². The first-order valence-corrected chi connectivity index (χ1v) is 7.13. The Bertz CT molecular complexity index is 348. The number of carbonyl (C=O) groups is 2. The molecule has 2 atom stereocenters. The first-order chi connectivity index (χ1) is 9.99. The van der Waals surface area contributed by atoms with Crippen LogP contribution in [0.2, 0.25) is 0 Å². The Labute approximate surface area is 130 Å². The summed E-state index contributed by atoms with van der Waals surface area (Å²) >= 11 is 0. The fourth-order valence-corrected chi connectivity index (χ4v) is 1.45. The third-order valence-corrected chi connectivity index (χ3v) is 3.52. The normalized spacial score (nSPS) is 15.1. The van der Waals surface area contributed by atoms with Gasteiger partial charge in [-0.25, -0.2) is 0 Å². The van der Waals surface area contributed by atoms with Crippen LogP contribution in [0.15, 0.2) is 0 Å². The number of amides is 2. The van der Waals surface area contributed by atoms with Crippen LogP contribution in [0.5, 0.6) is 0 Å². The van der Waals surface area contributed by atoms with Crippen molar-refractivity contribution >= 4 is 11.8 Å². The Balaban J connectivity index is 4.19. The monoisotopic (exact) mass is 320 g/mol. The molecule has 0 saturated carbocycles. The third kappa shape index (κ3) is 5.88. The van der Waals surface area contributed by atoms with Crippen LogP contribution < -0.4 is 10.6 Å². The lowest BCUT2D eigenvalue weighted by Crippen LogP contribution is -2.49. The van der Waals surface area contributed by atoms with Gasteiger partial charge in [0.1, 0.15) is 12.2 Å². The molecule has 8 nitrogen and oxygen atoms in total. The van der Waals surface area contributed by atoms with E-state index < -0.39 is 34.9 Å². The predicted molar refractivity (Wildman–Crippen MR) is 79.8 cm³/mol. The van der Waals surface area contributed by atoms with Gasteiger partial charge in [-0.2, -0.15) is 0 Å². The molecule has 0 bridgehead atoms. The molecule has 0 spiro atoms. The van der Waals surface area contributed by atoms with Crippen molar-refractivity contribution < 1.29 is 30.0 Å². The van der Waals surface area contributed by atoms with E-state index in [4.69, 9.17) is 10.2 Å². The van der Waals surface area contributed by atoms with Crippen molar-refractivity contribution in [3.8, 4) is 0 Å². The first kappa shape index (κ1) is 20.8. The zero-order chi connectivity index (χ0) is 17.6. The number of aliphatic hydroxyl groups excluding tert-OH is 4. The Hall–Kier alpha value is -1.22. The van der Waals surface area contributed by atoms with Gasteiger partial charge in [0, 0.05) is 23.9 Å². The maximum absolute atomic E-state index is 11.7. The van der Waals surface area contributed by atoms with E-state index in [2.05, 4.69) is 10.6 Å². The molecule has 0 aliphatic heterocycles. The molecular weight excluding hydrogens is 292 g/mol. The molecule has 0 unspecified atom stereocenters. The van der Waals surface area contributed by atoms with E-state index in [1.54, 1.807) is 27.7 Å². The molecule has 0 saturated heterocycles. The van der Waals surface area contributed by atoms with E-state index in [9.17, 15) is 19.8 Å². The number of hydrogen-bond donors (Lipinski definition) is 6. The summed E-state index contributed by atoms with van der Waals surface area (Å²) in [5.41, 5.74) is -1.93. The molecule has 6 N–H and O–H groups in total. The quantitative estimate of drug-likeness (QED) is 0.271. The molecule has 0 aromatic heterocycles. The van der Waals surface area contributed by atoms with Gasteiger partial charge in [-0.3, -0.25) is 9.59 Å². The first-order valence-electron chi connectivity index (χ1n) is 7.13. The van der Waals surface area contributed by atoms with Gasteiger partial charge in [0.25, 0.3) is 0 Å². The average molecular weight is 320 g/mol. The maximum Gasteiger partial charge on any atom is 0.249 e. The van der Waals surface area contributed by atoms with Gasteiger partial charge in [0.2, 0.25) is 11.8 Å². The van der Waals surface area contributed by atoms with Crippen LogP contribution in [0.1, 0.15) is 27.7 Å². The highest BCUT2D eigenvalue weighted by Crippen LogP contribution is 2.20. The second-order valence-corrected chi connectivity index (χ2v) is 6.68. The number of carbonyl (C=O) groups excluding carboxylic acids is 2. The van der Waals surface area contributed by atoms with Crippen molar-refractivity contribution in [3.63, 3.8) is 0 Å². The Morgan fingerprint density at radius 2 is 1.09 bits per heavy atom. The maximum atomic E-state index is 11.7. The highest BCUT2D eigenvalue weighted by Gasteiger charge is 2.34. The number of rotatable bonds is 9. The molecule has 0 aromatic carbocycles. The number of hydrogen-bond acceptors (Lipinski definition) is 6. The van der Waals surface area contributed by atoms with Gasteiger partial charge in [-0.05, 0) is 0 Å². The molecule has 0 heterocycles. The molecule has 8 heteroatoms. The summed E-state index contributed by atoms with van der Waals surface area (Å²) in [6.07, 6.45) is -2.74. The van der Waals surface area contributed by atoms with Gasteiger partial charge in [0.05, 0.1) is 13.2 Å². The molecule has 0 aliphatic carbocycles. The van der Waals surface area contributed by atoms with E-state index in [0.29, 0.717) is 0 Å². The zero-order valence-electron chi connectivity index (χ0n) is 13.6. The Morgan fingerprint density at radius 3 is 1.32 bits per heavy atom. The van der Waals surface area contributed by atoms with Crippen LogP contribution in [-0.2, 0) is 9.59 Å². The van der Waals surface area contributed by atoms with Gasteiger partial charge in [-0.1, -0.05) is 27.7 Å². The van der Waals surface area contributed by atoms with Crippen molar-refractivity contribution in [2.75, 3.05) is 26.3 Å². The minimum atomic E-state index is -1.37. The van der Waals surface area contributed by atoms with Crippen molar-refractivity contribution in [3.05, 3.63) is 0 Å². The van der Waals surface area contributed by atoms with E-state index in [1.807, 2.05) is 0 Å². The second kappa shape index (κ2) is 8.42. The zero-order valence-corrected chi connectivity index (χ0v) is 13.6. The summed E-state index contributed by atoms with van der Waals surface area (Å²) in [5, 5.41) is 42.5. The third-order valence-electron chi connectivity index (χ3n) is 3.52. The summed E-state index contributed by atoms with van der Waals surface area (Å²) in [6.45, 7) is 5.63. The summed E-state index contributed by atoms with van der Waals surface area (Å²) in [5.74, 6) is -1.30. The summed E-state index contributed by atoms with van der Waals surface area (Å²) < 4.78 is 0. The lowest BCUT2D eigenvalue weighted by atomic mass is 9.87. The Morgan fingerprint density at radius 1 is 0.818 bits per heavy atom. The molecular formula is C14H28N2O6. The summed E-state index contributed by atoms with van der Waals surface area (Å²) in [6, 6.07) is 0. The van der Waals surface area contributed by atoms with Crippen LogP contribution in [0.3, 0.4) is 0 Å². The highest BCUT2D eigenvalue weighted by molar-refractivity contribution is 5.82. The molecule has 22 heavy (non-hydrogen) atoms. The summed E-state index contributed by atoms with van der Waals surface area (Å²) in [4.78, 5) is 23.3. The van der Waals surface area contributed by atoms with Gasteiger partial charge in [-0.15, -0.1) is 0 Å². The van der Waals surface area contributed by atoms with Crippen molar-refractivity contribution in [2.45, 2.75) is 39.9 Å². The molecule has 0 aliphatic rings. The van der Waals surface area contributed by atoms with Gasteiger partial charge >= 0.3 is 0 Å². The second-order valence-electron chi connectivity index (χ2n) is 6.68. The van der Waals surface area contributed by atoms with E-state index in [0.717, 1.165) is 0 Å². The molecule has 0 rings (SSSR count). The fourth-order valence-electron chi connectivity index (χ4n) is 1.45. The van der Waals surface area contributed by atoms with E-state index in [-0.39, 0.29) is 26.3 Å². The largest absolute Gasteiger partial charge is 0.396 e. The fraction of sp³-hybridized carbons (Fsp3) is 0.857. The lowest BCUT2D eigenvalue weighted by Gasteiger charge is -2.28. The highest BCUT2D eigenvalue weighted by atomic mass is 16.3. The number of nitrogens with one attached hydrogen (secondary N) is 2. The Kier molecular flexibility index (Phi) is 7.96. The standard InChI is InChI=1S/C14H28N2O6/c1-13(2,7-17)9(19)11(21)15-5-6-16-12(22)10(20)14(3,4)8-18/h9-10,17-20H,5-8H2,1-4H3,(H,15,21)(H,16,22)/t9-,10-/m1/s1. The molecule has 0 fully saturated rings. The smallest absolute Gasteiger partial charge is 0.249 e. The van der Waals surface area contributed by atoms with Crippen LogP contribution >= 0.6 is 0 Å². The van der Waals surface area contributed by atoms with Crippen LogP contribution in [0, 0.1) is 10.8 Å². The topological polar surface area (TPSA) is 139 Å². The van der Waals surface area contributed by atoms with Crippen molar-refractivity contribution in [2.24, 2.45) is 10.8 Å². The van der Waals surface area contributed by atoms with Crippen LogP contribution in [-0.4, -0.2) is 70.8 Å². The number of aliphatic hydroxyl groups is 4. The molecule has 0 aromatic rings. The minimum absolute atomic E-state index is 0.0649. The molecule has 2 amide bonds. The van der Waals surface area contributed by atoms with Crippen LogP contribution in [0.25, 0.3) is 0 Å². The van der Waals surface area contributed by atoms with Crippen molar-refractivity contribution in [1.29, 1.82) is 0 Å². The average Bonchev–Trinajstić information content (AvgIpc) is 2.49. The minimum Gasteiger partial charge on any atom is -0.396 e. The molecule has 0 radical (unpaired) electrons. The summed E-state index contributed by atoms with van der Waals surface area (Å²) in [7, 11) is 0. The van der Waals surface area contributed by atoms with Crippen LogP contribution in [0.4, 0.5) is 0 Å². The predicted octanol–water partition coefficient (Wildman–Crippen LogP) is -2.02.